The average molecular weight is 273 g/mol. The van der Waals surface area contributed by atoms with Crippen LogP contribution in [0.3, 0.4) is 0 Å². The summed E-state index contributed by atoms with van der Waals surface area (Å²) in [6.45, 7) is 2.33. The highest BCUT2D eigenvalue weighted by Gasteiger charge is 2.07. The molecule has 0 saturated heterocycles. The van der Waals surface area contributed by atoms with Crippen LogP contribution in [-0.2, 0) is 4.74 Å². The highest BCUT2D eigenvalue weighted by Crippen LogP contribution is 2.18. The van der Waals surface area contributed by atoms with Gasteiger partial charge in [0.15, 0.2) is 5.78 Å². The summed E-state index contributed by atoms with van der Waals surface area (Å²) in [5.74, 6) is -0.609. The summed E-state index contributed by atoms with van der Waals surface area (Å²) in [6, 6.07) is 3.92. The van der Waals surface area contributed by atoms with E-state index in [2.05, 4.69) is 15.9 Å². The number of carbonyl (C=O) groups is 1. The maximum atomic E-state index is 12.7. The molecule has 0 aliphatic carbocycles. The second-order valence-corrected chi connectivity index (χ2v) is 3.60. The van der Waals surface area contributed by atoms with Crippen molar-refractivity contribution in [1.29, 1.82) is 0 Å². The van der Waals surface area contributed by atoms with Gasteiger partial charge in [-0.2, -0.15) is 0 Å². The van der Waals surface area contributed by atoms with Crippen LogP contribution in [0.15, 0.2) is 35.0 Å². The minimum absolute atomic E-state index is 0.227. The summed E-state index contributed by atoms with van der Waals surface area (Å²) in [5.41, 5.74) is 0.410. The van der Waals surface area contributed by atoms with Gasteiger partial charge in [0.05, 0.1) is 12.9 Å². The zero-order valence-corrected chi connectivity index (χ0v) is 9.75. The Hall–Kier alpha value is -1.16. The highest BCUT2D eigenvalue weighted by atomic mass is 79.9. The molecule has 0 saturated carbocycles. The van der Waals surface area contributed by atoms with Crippen molar-refractivity contribution in [2.45, 2.75) is 6.92 Å². The van der Waals surface area contributed by atoms with Crippen molar-refractivity contribution in [3.8, 4) is 0 Å². The normalized spacial score (nSPS) is 10.6. The van der Waals surface area contributed by atoms with Gasteiger partial charge in [-0.15, -0.1) is 0 Å². The summed E-state index contributed by atoms with van der Waals surface area (Å²) in [4.78, 5) is 11.5. The summed E-state index contributed by atoms with van der Waals surface area (Å²) >= 11 is 3.12. The Balaban J connectivity index is 2.82. The first-order chi connectivity index (χ1) is 7.15. The standard InChI is InChI=1S/C11H10BrFO2/c1-2-15-6-5-11(14)9-4-3-8(13)7-10(9)12/h3-7H,2H2,1H3/b6-5+. The van der Waals surface area contributed by atoms with Crippen LogP contribution in [0, 0.1) is 5.82 Å². The zero-order chi connectivity index (χ0) is 11.3. The van der Waals surface area contributed by atoms with Gasteiger partial charge in [-0.1, -0.05) is 0 Å². The molecule has 15 heavy (non-hydrogen) atoms. The fourth-order valence-corrected chi connectivity index (χ4v) is 1.53. The third-order valence-corrected chi connectivity index (χ3v) is 2.33. The molecular formula is C11H10BrFO2. The molecule has 0 N–H and O–H groups in total. The van der Waals surface area contributed by atoms with Gasteiger partial charge in [-0.05, 0) is 41.1 Å². The first kappa shape index (κ1) is 11.9. The van der Waals surface area contributed by atoms with E-state index in [1.165, 1.54) is 30.5 Å². The van der Waals surface area contributed by atoms with Crippen molar-refractivity contribution in [3.05, 3.63) is 46.4 Å². The molecule has 0 spiro atoms. The van der Waals surface area contributed by atoms with E-state index in [1.807, 2.05) is 6.92 Å². The smallest absolute Gasteiger partial charge is 0.190 e. The van der Waals surface area contributed by atoms with E-state index >= 15 is 0 Å². The molecule has 1 rings (SSSR count). The van der Waals surface area contributed by atoms with Gasteiger partial charge in [0.25, 0.3) is 0 Å². The molecule has 0 radical (unpaired) electrons. The molecule has 0 atom stereocenters. The van der Waals surface area contributed by atoms with Gasteiger partial charge in [0, 0.05) is 16.1 Å². The van der Waals surface area contributed by atoms with E-state index < -0.39 is 0 Å². The summed E-state index contributed by atoms with van der Waals surface area (Å²) in [6.07, 6.45) is 2.64. The van der Waals surface area contributed by atoms with Crippen LogP contribution in [-0.4, -0.2) is 12.4 Å². The lowest BCUT2D eigenvalue weighted by atomic mass is 10.1. The lowest BCUT2D eigenvalue weighted by Crippen LogP contribution is -1.96. The van der Waals surface area contributed by atoms with Crippen LogP contribution in [0.4, 0.5) is 4.39 Å². The van der Waals surface area contributed by atoms with Crippen LogP contribution in [0.1, 0.15) is 17.3 Å². The third kappa shape index (κ3) is 3.47. The Morgan fingerprint density at radius 2 is 2.33 bits per heavy atom. The maximum Gasteiger partial charge on any atom is 0.190 e. The Labute approximate surface area is 95.9 Å². The van der Waals surface area contributed by atoms with Crippen molar-refractivity contribution in [1.82, 2.24) is 0 Å². The van der Waals surface area contributed by atoms with E-state index in [0.717, 1.165) is 0 Å². The number of benzene rings is 1. The van der Waals surface area contributed by atoms with E-state index in [-0.39, 0.29) is 11.6 Å². The van der Waals surface area contributed by atoms with E-state index in [4.69, 9.17) is 4.74 Å². The molecular weight excluding hydrogens is 263 g/mol. The number of ether oxygens (including phenoxy) is 1. The number of halogens is 2. The summed E-state index contributed by atoms with van der Waals surface area (Å²) in [7, 11) is 0. The lowest BCUT2D eigenvalue weighted by Gasteiger charge is -1.99. The fraction of sp³-hybridized carbons (Fsp3) is 0.182. The van der Waals surface area contributed by atoms with Gasteiger partial charge < -0.3 is 4.74 Å². The van der Waals surface area contributed by atoms with Crippen molar-refractivity contribution < 1.29 is 13.9 Å². The molecule has 1 aromatic rings. The Bertz CT molecular complexity index is 388. The number of ketones is 1. The largest absolute Gasteiger partial charge is 0.501 e. The van der Waals surface area contributed by atoms with E-state index in [9.17, 15) is 9.18 Å². The number of allylic oxidation sites excluding steroid dienone is 1. The number of hydrogen-bond donors (Lipinski definition) is 0. The highest BCUT2D eigenvalue weighted by molar-refractivity contribution is 9.10. The molecule has 0 unspecified atom stereocenters. The molecule has 0 amide bonds. The van der Waals surface area contributed by atoms with Gasteiger partial charge in [0.1, 0.15) is 5.82 Å². The molecule has 80 valence electrons. The Morgan fingerprint density at radius 3 is 2.93 bits per heavy atom. The SMILES string of the molecule is CCO/C=C/C(=O)c1ccc(F)cc1Br. The predicted octanol–water partition coefficient (Wildman–Crippen LogP) is 3.32. The van der Waals surface area contributed by atoms with Crippen LogP contribution in [0.25, 0.3) is 0 Å². The van der Waals surface area contributed by atoms with Crippen molar-refractivity contribution >= 4 is 21.7 Å². The van der Waals surface area contributed by atoms with Gasteiger partial charge in [-0.3, -0.25) is 4.79 Å². The second-order valence-electron chi connectivity index (χ2n) is 2.75. The minimum Gasteiger partial charge on any atom is -0.501 e. The van der Waals surface area contributed by atoms with Crippen molar-refractivity contribution in [2.24, 2.45) is 0 Å². The average Bonchev–Trinajstić information content (AvgIpc) is 2.17. The van der Waals surface area contributed by atoms with E-state index in [1.54, 1.807) is 0 Å². The quantitative estimate of drug-likeness (QED) is 0.478. The number of rotatable bonds is 4. The molecule has 0 aliphatic rings. The molecule has 0 aliphatic heterocycles. The van der Waals surface area contributed by atoms with Crippen LogP contribution >= 0.6 is 15.9 Å². The molecule has 0 aromatic heterocycles. The van der Waals surface area contributed by atoms with Gasteiger partial charge in [0.2, 0.25) is 0 Å². The topological polar surface area (TPSA) is 26.3 Å². The van der Waals surface area contributed by atoms with Crippen LogP contribution < -0.4 is 0 Å². The first-order valence-corrected chi connectivity index (χ1v) is 5.22. The third-order valence-electron chi connectivity index (χ3n) is 1.68. The molecule has 0 fully saturated rings. The monoisotopic (exact) mass is 272 g/mol. The van der Waals surface area contributed by atoms with Gasteiger partial charge >= 0.3 is 0 Å². The van der Waals surface area contributed by atoms with Crippen molar-refractivity contribution in [3.63, 3.8) is 0 Å². The molecule has 0 bridgehead atoms. The fourth-order valence-electron chi connectivity index (χ4n) is 0.985. The van der Waals surface area contributed by atoms with Crippen molar-refractivity contribution in [2.75, 3.05) is 6.61 Å². The Kier molecular flexibility index (Phi) is 4.49. The second kappa shape index (κ2) is 5.66. The molecule has 0 heterocycles. The lowest BCUT2D eigenvalue weighted by molar-refractivity contribution is 0.104. The molecule has 2 nitrogen and oxygen atoms in total. The minimum atomic E-state index is -0.382. The van der Waals surface area contributed by atoms with E-state index in [0.29, 0.717) is 16.6 Å². The zero-order valence-electron chi connectivity index (χ0n) is 8.17. The number of carbonyl (C=O) groups excluding carboxylic acids is 1. The molecule has 4 heteroatoms. The molecule has 1 aromatic carbocycles. The number of hydrogen-bond acceptors (Lipinski definition) is 2. The van der Waals surface area contributed by atoms with Gasteiger partial charge in [-0.25, -0.2) is 4.39 Å². The summed E-state index contributed by atoms with van der Waals surface area (Å²) < 4.78 is 18.1. The Morgan fingerprint density at radius 1 is 1.60 bits per heavy atom. The van der Waals surface area contributed by atoms with Crippen LogP contribution in [0.2, 0.25) is 0 Å². The predicted molar refractivity (Wildman–Crippen MR) is 59.2 cm³/mol. The maximum absolute atomic E-state index is 12.7. The summed E-state index contributed by atoms with van der Waals surface area (Å²) in [5, 5.41) is 0. The first-order valence-electron chi connectivity index (χ1n) is 4.42. The van der Waals surface area contributed by atoms with Crippen LogP contribution in [0.5, 0.6) is 0 Å².